The van der Waals surface area contributed by atoms with Gasteiger partial charge < -0.3 is 9.47 Å². The molecule has 1 saturated carbocycles. The Bertz CT molecular complexity index is 202. The fourth-order valence-corrected chi connectivity index (χ4v) is 2.20. The number of hydrogen-bond acceptors (Lipinski definition) is 3. The molecule has 0 spiro atoms. The summed E-state index contributed by atoms with van der Waals surface area (Å²) >= 11 is 0. The van der Waals surface area contributed by atoms with Crippen LogP contribution < -0.4 is 0 Å². The summed E-state index contributed by atoms with van der Waals surface area (Å²) in [6.07, 6.45) is 6.19. The Labute approximate surface area is 78.4 Å². The number of rotatable bonds is 1. The summed E-state index contributed by atoms with van der Waals surface area (Å²) < 4.78 is 10.2. The average molecular weight is 184 g/mol. The van der Waals surface area contributed by atoms with Gasteiger partial charge in [0.2, 0.25) is 0 Å². The molecule has 74 valence electrons. The zero-order valence-electron chi connectivity index (χ0n) is 7.99. The minimum Gasteiger partial charge on any atom is -0.469 e. The third-order valence-electron chi connectivity index (χ3n) is 3.03. The van der Waals surface area contributed by atoms with Crippen LogP contribution in [0.25, 0.3) is 0 Å². The van der Waals surface area contributed by atoms with E-state index in [9.17, 15) is 4.79 Å². The van der Waals surface area contributed by atoms with Gasteiger partial charge in [0.1, 0.15) is 0 Å². The van der Waals surface area contributed by atoms with Crippen molar-refractivity contribution >= 4 is 5.97 Å². The largest absolute Gasteiger partial charge is 0.469 e. The lowest BCUT2D eigenvalue weighted by atomic mass is 9.91. The molecule has 1 saturated heterocycles. The van der Waals surface area contributed by atoms with E-state index in [-0.39, 0.29) is 18.0 Å². The van der Waals surface area contributed by atoms with Gasteiger partial charge in [0, 0.05) is 0 Å². The molecule has 1 aliphatic carbocycles. The molecule has 2 aliphatic rings. The minimum absolute atomic E-state index is 0.00954. The molecule has 13 heavy (non-hydrogen) atoms. The van der Waals surface area contributed by atoms with Crippen LogP contribution >= 0.6 is 0 Å². The van der Waals surface area contributed by atoms with Gasteiger partial charge in [0.05, 0.1) is 25.2 Å². The molecule has 3 atom stereocenters. The molecule has 0 amide bonds. The number of hydrogen-bond donors (Lipinski definition) is 0. The molecule has 0 radical (unpaired) electrons. The van der Waals surface area contributed by atoms with E-state index in [2.05, 4.69) is 0 Å². The van der Waals surface area contributed by atoms with Crippen molar-refractivity contribution in [2.75, 3.05) is 7.11 Å². The van der Waals surface area contributed by atoms with Crippen molar-refractivity contribution in [3.63, 3.8) is 0 Å². The second kappa shape index (κ2) is 3.66. The third kappa shape index (κ3) is 1.85. The molecule has 3 nitrogen and oxygen atoms in total. The molecule has 2 rings (SSSR count). The Balaban J connectivity index is 1.96. The molecule has 3 heteroatoms. The van der Waals surface area contributed by atoms with E-state index in [0.717, 1.165) is 19.3 Å². The molecular formula is C10H16O3. The molecule has 0 bridgehead atoms. The van der Waals surface area contributed by atoms with E-state index in [1.165, 1.54) is 20.0 Å². The molecular weight excluding hydrogens is 168 g/mol. The Morgan fingerprint density at radius 1 is 1.31 bits per heavy atom. The Morgan fingerprint density at radius 3 is 2.85 bits per heavy atom. The Hall–Kier alpha value is -0.570. The Kier molecular flexibility index (Phi) is 2.54. The van der Waals surface area contributed by atoms with E-state index in [1.54, 1.807) is 0 Å². The monoisotopic (exact) mass is 184 g/mol. The molecule has 2 fully saturated rings. The van der Waals surface area contributed by atoms with Crippen LogP contribution in [0.5, 0.6) is 0 Å². The van der Waals surface area contributed by atoms with Crippen LogP contribution in [0.1, 0.15) is 32.1 Å². The second-order valence-electron chi connectivity index (χ2n) is 3.91. The van der Waals surface area contributed by atoms with Gasteiger partial charge in [-0.1, -0.05) is 19.3 Å². The van der Waals surface area contributed by atoms with Crippen LogP contribution in [0, 0.1) is 5.92 Å². The van der Waals surface area contributed by atoms with Crippen LogP contribution in [0.2, 0.25) is 0 Å². The van der Waals surface area contributed by atoms with Gasteiger partial charge in [-0.3, -0.25) is 4.79 Å². The third-order valence-corrected chi connectivity index (χ3v) is 3.03. The van der Waals surface area contributed by atoms with Gasteiger partial charge in [0.25, 0.3) is 0 Å². The van der Waals surface area contributed by atoms with Crippen molar-refractivity contribution in [1.29, 1.82) is 0 Å². The van der Waals surface area contributed by atoms with Crippen molar-refractivity contribution in [1.82, 2.24) is 0 Å². The lowest BCUT2D eigenvalue weighted by Gasteiger charge is -2.13. The zero-order chi connectivity index (χ0) is 9.26. The maximum atomic E-state index is 11.4. The first kappa shape index (κ1) is 9.00. The van der Waals surface area contributed by atoms with Crippen LogP contribution in [0.3, 0.4) is 0 Å². The maximum Gasteiger partial charge on any atom is 0.311 e. The molecule has 1 heterocycles. The number of esters is 1. The van der Waals surface area contributed by atoms with Crippen molar-refractivity contribution < 1.29 is 14.3 Å². The standard InChI is InChI=1S/C10H16O3/c1-12-10(11)7-5-3-2-4-6-8-9(7)13-8/h7-9H,2-6H2,1H3. The molecule has 0 aromatic heterocycles. The maximum absolute atomic E-state index is 11.4. The summed E-state index contributed by atoms with van der Waals surface area (Å²) in [7, 11) is 1.46. The van der Waals surface area contributed by atoms with E-state index < -0.39 is 0 Å². The van der Waals surface area contributed by atoms with Gasteiger partial charge in [0.15, 0.2) is 0 Å². The highest BCUT2D eigenvalue weighted by atomic mass is 16.6. The van der Waals surface area contributed by atoms with Crippen molar-refractivity contribution in [3.05, 3.63) is 0 Å². The molecule has 0 aromatic rings. The number of methoxy groups -OCH3 is 1. The van der Waals surface area contributed by atoms with E-state index in [0.29, 0.717) is 6.10 Å². The van der Waals surface area contributed by atoms with Crippen LogP contribution in [0.15, 0.2) is 0 Å². The van der Waals surface area contributed by atoms with Crippen molar-refractivity contribution in [3.8, 4) is 0 Å². The number of fused-ring (bicyclic) bond motifs is 1. The van der Waals surface area contributed by atoms with Gasteiger partial charge >= 0.3 is 5.97 Å². The quantitative estimate of drug-likeness (QED) is 0.458. The highest BCUT2D eigenvalue weighted by molar-refractivity contribution is 5.73. The topological polar surface area (TPSA) is 38.8 Å². The summed E-state index contributed by atoms with van der Waals surface area (Å²) in [4.78, 5) is 11.4. The number of epoxide rings is 1. The highest BCUT2D eigenvalue weighted by Gasteiger charge is 2.48. The summed E-state index contributed by atoms with van der Waals surface area (Å²) in [6, 6.07) is 0. The van der Waals surface area contributed by atoms with Gasteiger partial charge in [-0.2, -0.15) is 0 Å². The van der Waals surface area contributed by atoms with Gasteiger partial charge in [-0.25, -0.2) is 0 Å². The number of carbonyl (C=O) groups is 1. The van der Waals surface area contributed by atoms with Crippen molar-refractivity contribution in [2.24, 2.45) is 5.92 Å². The van der Waals surface area contributed by atoms with Crippen LogP contribution in [-0.4, -0.2) is 25.3 Å². The molecule has 0 N–H and O–H groups in total. The first-order valence-electron chi connectivity index (χ1n) is 5.06. The average Bonchev–Trinajstić information content (AvgIpc) is 2.83. The normalized spacial score (nSPS) is 38.4. The van der Waals surface area contributed by atoms with Crippen molar-refractivity contribution in [2.45, 2.75) is 44.3 Å². The zero-order valence-corrected chi connectivity index (χ0v) is 7.99. The predicted molar refractivity (Wildman–Crippen MR) is 47.3 cm³/mol. The number of carbonyl (C=O) groups excluding carboxylic acids is 1. The van der Waals surface area contributed by atoms with Gasteiger partial charge in [-0.05, 0) is 12.8 Å². The van der Waals surface area contributed by atoms with Crippen LogP contribution in [0.4, 0.5) is 0 Å². The summed E-state index contributed by atoms with van der Waals surface area (Å²) in [5, 5.41) is 0. The number of ether oxygens (including phenoxy) is 2. The second-order valence-corrected chi connectivity index (χ2v) is 3.91. The van der Waals surface area contributed by atoms with E-state index in [4.69, 9.17) is 9.47 Å². The summed E-state index contributed by atoms with van der Waals surface area (Å²) in [5.74, 6) is -0.0790. The lowest BCUT2D eigenvalue weighted by molar-refractivity contribution is -0.146. The molecule has 0 aromatic carbocycles. The predicted octanol–water partition coefficient (Wildman–Crippen LogP) is 1.51. The SMILES string of the molecule is COC(=O)C1CCCCCC2OC21. The minimum atomic E-state index is -0.0885. The van der Waals surface area contributed by atoms with Crippen LogP contribution in [-0.2, 0) is 14.3 Å². The molecule has 3 unspecified atom stereocenters. The smallest absolute Gasteiger partial charge is 0.311 e. The first-order chi connectivity index (χ1) is 6.33. The fourth-order valence-electron chi connectivity index (χ4n) is 2.20. The molecule has 1 aliphatic heterocycles. The summed E-state index contributed by atoms with van der Waals surface area (Å²) in [6.45, 7) is 0. The first-order valence-corrected chi connectivity index (χ1v) is 5.06. The van der Waals surface area contributed by atoms with Gasteiger partial charge in [-0.15, -0.1) is 0 Å². The fraction of sp³-hybridized carbons (Fsp3) is 0.900. The van der Waals surface area contributed by atoms with E-state index in [1.807, 2.05) is 0 Å². The Morgan fingerprint density at radius 2 is 2.08 bits per heavy atom. The lowest BCUT2D eigenvalue weighted by Crippen LogP contribution is -2.24. The summed E-state index contributed by atoms with van der Waals surface area (Å²) in [5.41, 5.74) is 0. The van der Waals surface area contributed by atoms with E-state index >= 15 is 0 Å². The highest BCUT2D eigenvalue weighted by Crippen LogP contribution is 2.38.